The van der Waals surface area contributed by atoms with Crippen molar-refractivity contribution in [3.8, 4) is 0 Å². The zero-order chi connectivity index (χ0) is 12.8. The minimum absolute atomic E-state index is 0.204. The molecule has 0 aliphatic heterocycles. The molecule has 0 radical (unpaired) electrons. The Morgan fingerprint density at radius 3 is 2.00 bits per heavy atom. The lowest BCUT2D eigenvalue weighted by molar-refractivity contribution is -0.124. The van der Waals surface area contributed by atoms with Crippen LogP contribution in [0.15, 0.2) is 0 Å². The molecule has 6 nitrogen and oxygen atoms in total. The molecular formula is C9H20NO5P. The summed E-state index contributed by atoms with van der Waals surface area (Å²) in [4.78, 5) is 11.1. The van der Waals surface area contributed by atoms with Gasteiger partial charge in [0.1, 0.15) is 0 Å². The zero-order valence-electron chi connectivity index (χ0n) is 10.4. The lowest BCUT2D eigenvalue weighted by Crippen LogP contribution is -2.47. The van der Waals surface area contributed by atoms with E-state index < -0.39 is 13.1 Å². The number of carbonyl (C=O) groups is 1. The Bertz CT molecular complexity index is 273. The van der Waals surface area contributed by atoms with E-state index in [-0.39, 0.29) is 19.1 Å². The summed E-state index contributed by atoms with van der Waals surface area (Å²) in [6.45, 7) is 6.55. The van der Waals surface area contributed by atoms with Crippen LogP contribution in [-0.4, -0.2) is 31.7 Å². The Balaban J connectivity index is 5.10. The van der Waals surface area contributed by atoms with Crippen LogP contribution in [0.5, 0.6) is 0 Å². The van der Waals surface area contributed by atoms with Gasteiger partial charge in [-0.1, -0.05) is 0 Å². The molecule has 1 unspecified atom stereocenters. The van der Waals surface area contributed by atoms with Crippen molar-refractivity contribution in [1.82, 2.24) is 5.32 Å². The van der Waals surface area contributed by atoms with Gasteiger partial charge >= 0.3 is 7.60 Å². The standard InChI is InChI=1S/C9H20NO5P/c1-6-14-16(12,15-7-2)9(4,13-5)10-8(3)11/h6-7H2,1-5H3,(H,10,11). The maximum Gasteiger partial charge on any atom is 0.382 e. The van der Waals surface area contributed by atoms with Gasteiger partial charge in [0.2, 0.25) is 11.4 Å². The number of carbonyl (C=O) groups excluding carboxylic acids is 1. The monoisotopic (exact) mass is 253 g/mol. The van der Waals surface area contributed by atoms with Crippen LogP contribution in [0.4, 0.5) is 0 Å². The maximum absolute atomic E-state index is 12.4. The molecule has 0 aromatic rings. The average Bonchev–Trinajstić information content (AvgIpc) is 2.17. The molecule has 0 saturated heterocycles. The van der Waals surface area contributed by atoms with Crippen LogP contribution in [-0.2, 0) is 23.1 Å². The van der Waals surface area contributed by atoms with E-state index in [0.29, 0.717) is 0 Å². The first kappa shape index (κ1) is 15.6. The lowest BCUT2D eigenvalue weighted by atomic mass is 10.6. The average molecular weight is 253 g/mol. The molecule has 0 bridgehead atoms. The molecule has 0 rings (SSSR count). The Morgan fingerprint density at radius 2 is 1.75 bits per heavy atom. The van der Waals surface area contributed by atoms with Crippen LogP contribution in [0.1, 0.15) is 27.7 Å². The Morgan fingerprint density at radius 1 is 1.31 bits per heavy atom. The van der Waals surface area contributed by atoms with Gasteiger partial charge in [0, 0.05) is 14.0 Å². The van der Waals surface area contributed by atoms with Crippen LogP contribution in [0.25, 0.3) is 0 Å². The lowest BCUT2D eigenvalue weighted by Gasteiger charge is -2.34. The highest BCUT2D eigenvalue weighted by molar-refractivity contribution is 7.55. The van der Waals surface area contributed by atoms with Crippen molar-refractivity contribution < 1.29 is 23.1 Å². The Labute approximate surface area is 96.2 Å². The van der Waals surface area contributed by atoms with Crippen LogP contribution in [0.2, 0.25) is 0 Å². The van der Waals surface area contributed by atoms with Crippen LogP contribution in [0.3, 0.4) is 0 Å². The summed E-state index contributed by atoms with van der Waals surface area (Å²) in [7, 11) is -2.22. The van der Waals surface area contributed by atoms with Crippen LogP contribution in [0, 0.1) is 0 Å². The van der Waals surface area contributed by atoms with Gasteiger partial charge in [0.25, 0.3) is 0 Å². The highest BCUT2D eigenvalue weighted by Crippen LogP contribution is 2.58. The van der Waals surface area contributed by atoms with Crippen molar-refractivity contribution in [2.24, 2.45) is 0 Å². The van der Waals surface area contributed by atoms with E-state index in [9.17, 15) is 9.36 Å². The van der Waals surface area contributed by atoms with Gasteiger partial charge in [-0.25, -0.2) is 0 Å². The summed E-state index contributed by atoms with van der Waals surface area (Å²) >= 11 is 0. The van der Waals surface area contributed by atoms with E-state index in [0.717, 1.165) is 0 Å². The number of amides is 1. The molecular weight excluding hydrogens is 233 g/mol. The highest BCUT2D eigenvalue weighted by atomic mass is 31.2. The molecule has 1 N–H and O–H groups in total. The van der Waals surface area contributed by atoms with Crippen LogP contribution >= 0.6 is 7.60 Å². The molecule has 0 spiro atoms. The minimum atomic E-state index is -3.55. The third kappa shape index (κ3) is 3.56. The number of hydrogen-bond acceptors (Lipinski definition) is 5. The van der Waals surface area contributed by atoms with E-state index in [1.54, 1.807) is 13.8 Å². The maximum atomic E-state index is 12.4. The SMILES string of the molecule is CCOP(=O)(OCC)C(C)(NC(C)=O)OC. The topological polar surface area (TPSA) is 73.9 Å². The first-order chi connectivity index (χ1) is 7.35. The second-order valence-electron chi connectivity index (χ2n) is 3.20. The molecule has 0 saturated carbocycles. The summed E-state index contributed by atoms with van der Waals surface area (Å²) in [6.07, 6.45) is 0. The molecule has 1 amide bonds. The summed E-state index contributed by atoms with van der Waals surface area (Å²) in [5.41, 5.74) is -1.47. The van der Waals surface area contributed by atoms with Gasteiger partial charge in [-0.15, -0.1) is 0 Å². The smallest absolute Gasteiger partial charge is 0.349 e. The van der Waals surface area contributed by atoms with Crippen molar-refractivity contribution >= 4 is 13.5 Å². The third-order valence-corrected chi connectivity index (χ3v) is 4.46. The third-order valence-electron chi connectivity index (χ3n) is 1.93. The number of ether oxygens (including phenoxy) is 1. The summed E-state index contributed by atoms with van der Waals surface area (Å²) in [5, 5.41) is 2.44. The molecule has 0 aromatic heterocycles. The quantitative estimate of drug-likeness (QED) is 0.552. The second-order valence-corrected chi connectivity index (χ2v) is 5.57. The van der Waals surface area contributed by atoms with Crippen molar-refractivity contribution in [2.75, 3.05) is 20.3 Å². The van der Waals surface area contributed by atoms with Gasteiger partial charge in [0.05, 0.1) is 13.2 Å². The van der Waals surface area contributed by atoms with E-state index >= 15 is 0 Å². The van der Waals surface area contributed by atoms with Crippen molar-refractivity contribution in [3.05, 3.63) is 0 Å². The highest BCUT2D eigenvalue weighted by Gasteiger charge is 2.48. The normalized spacial score (nSPS) is 15.6. The van der Waals surface area contributed by atoms with E-state index in [2.05, 4.69) is 5.32 Å². The summed E-state index contributed by atoms with van der Waals surface area (Å²) < 4.78 is 27.7. The molecule has 7 heteroatoms. The summed E-state index contributed by atoms with van der Waals surface area (Å²) in [6, 6.07) is 0. The largest absolute Gasteiger partial charge is 0.382 e. The molecule has 96 valence electrons. The fourth-order valence-corrected chi connectivity index (χ4v) is 2.95. The number of rotatable bonds is 7. The predicted molar refractivity (Wildman–Crippen MR) is 60.1 cm³/mol. The molecule has 1 atom stereocenters. The molecule has 0 heterocycles. The molecule has 0 aliphatic carbocycles. The summed E-state index contributed by atoms with van der Waals surface area (Å²) in [5.74, 6) is -0.371. The van der Waals surface area contributed by atoms with Crippen molar-refractivity contribution in [3.63, 3.8) is 0 Å². The number of nitrogens with one attached hydrogen (secondary N) is 1. The predicted octanol–water partition coefficient (Wildman–Crippen LogP) is 1.71. The number of methoxy groups -OCH3 is 1. The van der Waals surface area contributed by atoms with Crippen molar-refractivity contribution in [1.29, 1.82) is 0 Å². The van der Waals surface area contributed by atoms with Gasteiger partial charge < -0.3 is 19.1 Å². The first-order valence-corrected chi connectivity index (χ1v) is 6.62. The van der Waals surface area contributed by atoms with E-state index in [1.165, 1.54) is 21.0 Å². The first-order valence-electron chi connectivity index (χ1n) is 5.08. The van der Waals surface area contributed by atoms with Gasteiger partial charge in [-0.2, -0.15) is 0 Å². The van der Waals surface area contributed by atoms with Crippen LogP contribution < -0.4 is 5.32 Å². The Hall–Kier alpha value is -0.420. The molecule has 16 heavy (non-hydrogen) atoms. The molecule has 0 fully saturated rings. The van der Waals surface area contributed by atoms with Gasteiger partial charge in [-0.3, -0.25) is 9.36 Å². The fraction of sp³-hybridized carbons (Fsp3) is 0.889. The molecule has 0 aliphatic rings. The fourth-order valence-electron chi connectivity index (χ4n) is 1.18. The number of hydrogen-bond donors (Lipinski definition) is 1. The minimum Gasteiger partial charge on any atom is -0.349 e. The molecule has 0 aromatic carbocycles. The van der Waals surface area contributed by atoms with E-state index in [1.807, 2.05) is 0 Å². The van der Waals surface area contributed by atoms with Gasteiger partial charge in [0.15, 0.2) is 0 Å². The van der Waals surface area contributed by atoms with Crippen molar-refractivity contribution in [2.45, 2.75) is 33.2 Å². The second kappa shape index (κ2) is 6.35. The van der Waals surface area contributed by atoms with E-state index in [4.69, 9.17) is 13.8 Å². The van der Waals surface area contributed by atoms with Gasteiger partial charge in [-0.05, 0) is 20.8 Å². The zero-order valence-corrected chi connectivity index (χ0v) is 11.3. The Kier molecular flexibility index (Phi) is 6.18.